The van der Waals surface area contributed by atoms with Crippen LogP contribution in [0.4, 0.5) is 16.3 Å². The number of sulfone groups is 1. The molecule has 2 heterocycles. The molecule has 2 amide bonds. The number of methoxy groups -OCH3 is 1. The van der Waals surface area contributed by atoms with Crippen LogP contribution in [-0.2, 0) is 16.4 Å². The Hall–Kier alpha value is -2.68. The predicted octanol–water partition coefficient (Wildman–Crippen LogP) is 3.49. The summed E-state index contributed by atoms with van der Waals surface area (Å²) in [5, 5.41) is 2.28. The summed E-state index contributed by atoms with van der Waals surface area (Å²) in [4.78, 5) is 21.5. The van der Waals surface area contributed by atoms with Gasteiger partial charge in [-0.3, -0.25) is 10.2 Å². The van der Waals surface area contributed by atoms with Crippen LogP contribution in [0.1, 0.15) is 33.3 Å². The Labute approximate surface area is 160 Å². The van der Waals surface area contributed by atoms with Crippen LogP contribution in [0.3, 0.4) is 0 Å². The number of urea groups is 1. The van der Waals surface area contributed by atoms with Gasteiger partial charge in [0.05, 0.1) is 13.7 Å². The number of hydrogen-bond donors (Lipinski definition) is 1. The minimum Gasteiger partial charge on any atom is -0.497 e. The van der Waals surface area contributed by atoms with Gasteiger partial charge in [0.15, 0.2) is 0 Å². The monoisotopic (exact) mass is 394 g/mol. The topological polar surface area (TPSA) is 101 Å². The van der Waals surface area contributed by atoms with Crippen molar-refractivity contribution < 1.29 is 17.9 Å². The molecule has 148 valence electrons. The van der Waals surface area contributed by atoms with Gasteiger partial charge in [-0.1, -0.05) is 27.7 Å². The molecular weight excluding hydrogens is 368 g/mol. The van der Waals surface area contributed by atoms with Crippen LogP contribution in [0.2, 0.25) is 0 Å². The maximum atomic E-state index is 12.2. The Kier molecular flexibility index (Phi) is 8.17. The molecule has 0 bridgehead atoms. The fourth-order valence-corrected chi connectivity index (χ4v) is 2.68. The first-order valence-electron chi connectivity index (χ1n) is 8.67. The highest BCUT2D eigenvalue weighted by molar-refractivity contribution is 7.90. The minimum absolute atomic E-state index is 0.218. The first kappa shape index (κ1) is 22.4. The van der Waals surface area contributed by atoms with E-state index in [9.17, 15) is 13.2 Å². The first-order valence-corrected chi connectivity index (χ1v) is 10.6. The maximum Gasteiger partial charge on any atom is 0.327 e. The SMILES string of the molecule is CC.CC.COc1ccc(N2Cc3cnc(S(C)(=O)=O)nc3NC2=O)cc1. The highest BCUT2D eigenvalue weighted by Crippen LogP contribution is 2.27. The largest absolute Gasteiger partial charge is 0.497 e. The van der Waals surface area contributed by atoms with Crippen molar-refractivity contribution >= 4 is 27.4 Å². The summed E-state index contributed by atoms with van der Waals surface area (Å²) in [7, 11) is -1.96. The van der Waals surface area contributed by atoms with Crippen LogP contribution in [0.15, 0.2) is 35.6 Å². The number of nitrogens with zero attached hydrogens (tertiary/aromatic N) is 3. The van der Waals surface area contributed by atoms with Gasteiger partial charge >= 0.3 is 6.03 Å². The highest BCUT2D eigenvalue weighted by atomic mass is 32.2. The van der Waals surface area contributed by atoms with Crippen molar-refractivity contribution in [3.8, 4) is 5.75 Å². The molecular formula is C18H26N4O4S. The summed E-state index contributed by atoms with van der Waals surface area (Å²) in [6, 6.07) is 6.63. The summed E-state index contributed by atoms with van der Waals surface area (Å²) >= 11 is 0. The fraction of sp³-hybridized carbons (Fsp3) is 0.389. The van der Waals surface area contributed by atoms with E-state index < -0.39 is 9.84 Å². The molecule has 1 N–H and O–H groups in total. The van der Waals surface area contributed by atoms with Gasteiger partial charge in [-0.15, -0.1) is 0 Å². The lowest BCUT2D eigenvalue weighted by atomic mass is 10.2. The number of hydrogen-bond acceptors (Lipinski definition) is 6. The molecule has 2 aromatic rings. The molecule has 1 aromatic heterocycles. The third-order valence-corrected chi connectivity index (χ3v) is 4.22. The zero-order valence-electron chi connectivity index (χ0n) is 16.5. The van der Waals surface area contributed by atoms with Gasteiger partial charge in [-0.25, -0.2) is 23.2 Å². The van der Waals surface area contributed by atoms with Crippen molar-refractivity contribution in [1.82, 2.24) is 9.97 Å². The van der Waals surface area contributed by atoms with Crippen molar-refractivity contribution in [2.75, 3.05) is 23.6 Å². The molecule has 0 unspecified atom stereocenters. The van der Waals surface area contributed by atoms with Crippen LogP contribution in [0, 0.1) is 0 Å². The lowest BCUT2D eigenvalue weighted by Crippen LogP contribution is -2.39. The molecule has 1 aromatic carbocycles. The van der Waals surface area contributed by atoms with E-state index in [0.717, 1.165) is 6.26 Å². The summed E-state index contributed by atoms with van der Waals surface area (Å²) in [5.74, 6) is 0.905. The lowest BCUT2D eigenvalue weighted by Gasteiger charge is -2.28. The van der Waals surface area contributed by atoms with E-state index >= 15 is 0 Å². The number of rotatable bonds is 3. The molecule has 27 heavy (non-hydrogen) atoms. The lowest BCUT2D eigenvalue weighted by molar-refractivity contribution is 0.255. The van der Waals surface area contributed by atoms with Crippen molar-refractivity contribution in [2.45, 2.75) is 39.4 Å². The molecule has 8 nitrogen and oxygen atoms in total. The van der Waals surface area contributed by atoms with Crippen LogP contribution in [-0.4, -0.2) is 37.8 Å². The molecule has 0 saturated heterocycles. The number of aromatic nitrogens is 2. The van der Waals surface area contributed by atoms with Crippen molar-refractivity contribution in [2.24, 2.45) is 0 Å². The Morgan fingerprint density at radius 3 is 2.22 bits per heavy atom. The Balaban J connectivity index is 0.000000855. The van der Waals surface area contributed by atoms with E-state index in [2.05, 4.69) is 15.3 Å². The fourth-order valence-electron chi connectivity index (χ4n) is 2.17. The smallest absolute Gasteiger partial charge is 0.327 e. The molecule has 9 heteroatoms. The van der Waals surface area contributed by atoms with Crippen LogP contribution < -0.4 is 15.0 Å². The van der Waals surface area contributed by atoms with E-state index in [1.54, 1.807) is 31.4 Å². The number of anilines is 2. The molecule has 0 fully saturated rings. The Morgan fingerprint density at radius 2 is 1.70 bits per heavy atom. The van der Waals surface area contributed by atoms with Gasteiger partial charge < -0.3 is 4.74 Å². The number of ether oxygens (including phenoxy) is 1. The van der Waals surface area contributed by atoms with Crippen LogP contribution in [0.5, 0.6) is 5.75 Å². The number of nitrogens with one attached hydrogen (secondary N) is 1. The van der Waals surface area contributed by atoms with E-state index in [4.69, 9.17) is 4.74 Å². The summed E-state index contributed by atoms with van der Waals surface area (Å²) in [6.07, 6.45) is 2.43. The van der Waals surface area contributed by atoms with Gasteiger partial charge in [0.25, 0.3) is 0 Å². The average molecular weight is 394 g/mol. The zero-order chi connectivity index (χ0) is 20.6. The third kappa shape index (κ3) is 5.40. The molecule has 3 rings (SSSR count). The normalized spacial score (nSPS) is 12.5. The number of fused-ring (bicyclic) bond motifs is 1. The quantitative estimate of drug-likeness (QED) is 0.800. The molecule has 0 aliphatic carbocycles. The first-order chi connectivity index (χ1) is 12.9. The second-order valence-electron chi connectivity index (χ2n) is 5.01. The van der Waals surface area contributed by atoms with Gasteiger partial charge in [0.1, 0.15) is 11.6 Å². The second kappa shape index (κ2) is 9.86. The van der Waals surface area contributed by atoms with E-state index in [-0.39, 0.29) is 23.6 Å². The molecule has 0 radical (unpaired) electrons. The van der Waals surface area contributed by atoms with E-state index in [1.807, 2.05) is 27.7 Å². The number of amides is 2. The Bertz CT molecular complexity index is 867. The van der Waals surface area contributed by atoms with Gasteiger partial charge in [-0.05, 0) is 24.3 Å². The molecule has 0 atom stereocenters. The number of benzene rings is 1. The van der Waals surface area contributed by atoms with Crippen molar-refractivity contribution in [3.63, 3.8) is 0 Å². The molecule has 1 aliphatic rings. The number of carbonyl (C=O) groups excluding carboxylic acids is 1. The van der Waals surface area contributed by atoms with Crippen molar-refractivity contribution in [3.05, 3.63) is 36.0 Å². The van der Waals surface area contributed by atoms with Gasteiger partial charge in [0.2, 0.25) is 15.0 Å². The van der Waals surface area contributed by atoms with Gasteiger partial charge in [-0.2, -0.15) is 0 Å². The van der Waals surface area contributed by atoms with Gasteiger partial charge in [0, 0.05) is 23.7 Å². The van der Waals surface area contributed by atoms with E-state index in [1.165, 1.54) is 11.1 Å². The summed E-state index contributed by atoms with van der Waals surface area (Å²) in [5.41, 5.74) is 1.31. The maximum absolute atomic E-state index is 12.2. The van der Waals surface area contributed by atoms with Crippen molar-refractivity contribution in [1.29, 1.82) is 0 Å². The highest BCUT2D eigenvalue weighted by Gasteiger charge is 2.26. The van der Waals surface area contributed by atoms with Crippen LogP contribution in [0.25, 0.3) is 0 Å². The standard InChI is InChI=1S/C14H14N4O4S.2C2H6/c1-22-11-5-3-10(4-6-11)18-8-9-7-15-13(23(2,20)21)16-12(9)17-14(18)19;2*1-2/h3-7H,8H2,1-2H3,(H,15,16,17,19);2*1-2H3. The second-order valence-corrected chi connectivity index (χ2v) is 6.92. The minimum atomic E-state index is -3.53. The van der Waals surface area contributed by atoms with E-state index in [0.29, 0.717) is 17.0 Å². The average Bonchev–Trinajstić information content (AvgIpc) is 2.69. The third-order valence-electron chi connectivity index (χ3n) is 3.36. The molecule has 1 aliphatic heterocycles. The Morgan fingerprint density at radius 1 is 1.11 bits per heavy atom. The van der Waals surface area contributed by atoms with Crippen LogP contribution >= 0.6 is 0 Å². The molecule has 0 saturated carbocycles. The molecule has 0 spiro atoms. The summed E-state index contributed by atoms with van der Waals surface area (Å²) in [6.45, 7) is 8.25. The number of carbonyl (C=O) groups is 1. The zero-order valence-corrected chi connectivity index (χ0v) is 17.3. The predicted molar refractivity (Wildman–Crippen MR) is 106 cm³/mol. The summed E-state index contributed by atoms with van der Waals surface area (Å²) < 4.78 is 28.1.